The SMILES string of the molecule is COc1ccc(OC)c(CN(C(=O)C2CCCc3ccccc32)c2cnn(C)c2)c1. The number of aryl methyl sites for hydroxylation is 2. The highest BCUT2D eigenvalue weighted by Gasteiger charge is 2.31. The number of hydrogen-bond acceptors (Lipinski definition) is 4. The van der Waals surface area contributed by atoms with Crippen LogP contribution < -0.4 is 14.4 Å². The third-order valence-electron chi connectivity index (χ3n) is 5.75. The Bertz CT molecular complexity index is 1040. The van der Waals surface area contributed by atoms with Crippen molar-refractivity contribution in [1.29, 1.82) is 0 Å². The Morgan fingerprint density at radius 2 is 2.03 bits per heavy atom. The monoisotopic (exact) mass is 405 g/mol. The molecule has 0 saturated carbocycles. The molecule has 0 spiro atoms. The molecule has 30 heavy (non-hydrogen) atoms. The van der Waals surface area contributed by atoms with Gasteiger partial charge < -0.3 is 14.4 Å². The van der Waals surface area contributed by atoms with E-state index in [0.29, 0.717) is 6.54 Å². The van der Waals surface area contributed by atoms with Gasteiger partial charge in [0.25, 0.3) is 0 Å². The van der Waals surface area contributed by atoms with Crippen molar-refractivity contribution in [2.45, 2.75) is 31.7 Å². The average Bonchev–Trinajstić information content (AvgIpc) is 3.22. The maximum atomic E-state index is 13.8. The summed E-state index contributed by atoms with van der Waals surface area (Å²) in [7, 11) is 5.13. The first-order valence-electron chi connectivity index (χ1n) is 10.2. The molecule has 0 N–H and O–H groups in total. The lowest BCUT2D eigenvalue weighted by molar-refractivity contribution is -0.120. The van der Waals surface area contributed by atoms with Crippen LogP contribution in [0.25, 0.3) is 0 Å². The maximum Gasteiger partial charge on any atom is 0.234 e. The smallest absolute Gasteiger partial charge is 0.234 e. The summed E-state index contributed by atoms with van der Waals surface area (Å²) < 4.78 is 12.7. The molecule has 1 heterocycles. The average molecular weight is 405 g/mol. The number of fused-ring (bicyclic) bond motifs is 1. The third kappa shape index (κ3) is 3.90. The minimum Gasteiger partial charge on any atom is -0.497 e. The lowest BCUT2D eigenvalue weighted by Gasteiger charge is -2.30. The van der Waals surface area contributed by atoms with E-state index in [1.54, 1.807) is 25.1 Å². The van der Waals surface area contributed by atoms with Crippen molar-refractivity contribution >= 4 is 11.6 Å². The van der Waals surface area contributed by atoms with Gasteiger partial charge in [0, 0.05) is 18.8 Å². The van der Waals surface area contributed by atoms with Gasteiger partial charge in [0.1, 0.15) is 11.5 Å². The van der Waals surface area contributed by atoms with E-state index in [-0.39, 0.29) is 11.8 Å². The number of hydrogen-bond donors (Lipinski definition) is 0. The van der Waals surface area contributed by atoms with E-state index in [1.165, 1.54) is 5.56 Å². The number of ether oxygens (including phenoxy) is 2. The molecule has 6 heteroatoms. The molecule has 156 valence electrons. The van der Waals surface area contributed by atoms with Gasteiger partial charge in [-0.3, -0.25) is 9.48 Å². The topological polar surface area (TPSA) is 56.6 Å². The molecule has 6 nitrogen and oxygen atoms in total. The van der Waals surface area contributed by atoms with E-state index in [9.17, 15) is 4.79 Å². The number of carbonyl (C=O) groups is 1. The Kier molecular flexibility index (Phi) is 5.74. The summed E-state index contributed by atoms with van der Waals surface area (Å²) in [6.07, 6.45) is 6.49. The van der Waals surface area contributed by atoms with E-state index in [1.807, 2.05) is 48.5 Å². The predicted octanol–water partition coefficient (Wildman–Crippen LogP) is 4.09. The van der Waals surface area contributed by atoms with E-state index < -0.39 is 0 Å². The van der Waals surface area contributed by atoms with Crippen LogP contribution in [0.4, 0.5) is 5.69 Å². The first-order valence-corrected chi connectivity index (χ1v) is 10.2. The van der Waals surface area contributed by atoms with Gasteiger partial charge in [-0.1, -0.05) is 24.3 Å². The number of nitrogens with zero attached hydrogens (tertiary/aromatic N) is 3. The summed E-state index contributed by atoms with van der Waals surface area (Å²) in [6, 6.07) is 13.9. The first kappa shape index (κ1) is 20.0. The summed E-state index contributed by atoms with van der Waals surface area (Å²) in [5, 5.41) is 4.29. The summed E-state index contributed by atoms with van der Waals surface area (Å²) in [4.78, 5) is 15.7. The zero-order valence-corrected chi connectivity index (χ0v) is 17.7. The molecule has 1 aromatic heterocycles. The molecule has 2 aromatic carbocycles. The summed E-state index contributed by atoms with van der Waals surface area (Å²) in [5.74, 6) is 1.38. The molecule has 1 unspecified atom stereocenters. The van der Waals surface area contributed by atoms with Crippen LogP contribution in [0.15, 0.2) is 54.9 Å². The minimum atomic E-state index is -0.160. The molecule has 0 radical (unpaired) electrons. The molecular weight excluding hydrogens is 378 g/mol. The molecule has 0 bridgehead atoms. The van der Waals surface area contributed by atoms with Crippen molar-refractivity contribution in [2.24, 2.45) is 7.05 Å². The molecular formula is C24H27N3O3. The van der Waals surface area contributed by atoms with Crippen LogP contribution in [0.2, 0.25) is 0 Å². The van der Waals surface area contributed by atoms with Crippen LogP contribution in [0, 0.1) is 0 Å². The Balaban J connectivity index is 1.73. The van der Waals surface area contributed by atoms with Crippen LogP contribution in [-0.4, -0.2) is 29.9 Å². The molecule has 1 aliphatic carbocycles. The normalized spacial score (nSPS) is 15.4. The van der Waals surface area contributed by atoms with Gasteiger partial charge in [-0.05, 0) is 48.6 Å². The van der Waals surface area contributed by atoms with E-state index in [0.717, 1.165) is 47.6 Å². The van der Waals surface area contributed by atoms with E-state index in [4.69, 9.17) is 9.47 Å². The zero-order chi connectivity index (χ0) is 21.1. The Labute approximate surface area is 177 Å². The van der Waals surface area contributed by atoms with Crippen LogP contribution in [0.5, 0.6) is 11.5 Å². The maximum absolute atomic E-state index is 13.8. The number of benzene rings is 2. The second-order valence-corrected chi connectivity index (χ2v) is 7.62. The Morgan fingerprint density at radius 3 is 2.77 bits per heavy atom. The molecule has 1 atom stereocenters. The molecule has 0 saturated heterocycles. The van der Waals surface area contributed by atoms with Gasteiger partial charge in [0.15, 0.2) is 0 Å². The van der Waals surface area contributed by atoms with Crippen LogP contribution in [0.3, 0.4) is 0 Å². The van der Waals surface area contributed by atoms with Crippen molar-refractivity contribution in [3.05, 3.63) is 71.5 Å². The van der Waals surface area contributed by atoms with Gasteiger partial charge in [-0.25, -0.2) is 0 Å². The fourth-order valence-electron chi connectivity index (χ4n) is 4.22. The van der Waals surface area contributed by atoms with Crippen molar-refractivity contribution in [2.75, 3.05) is 19.1 Å². The molecule has 1 aliphatic rings. The van der Waals surface area contributed by atoms with Crippen LogP contribution in [-0.2, 0) is 24.8 Å². The van der Waals surface area contributed by atoms with Gasteiger partial charge in [0.05, 0.1) is 38.6 Å². The molecule has 0 aliphatic heterocycles. The van der Waals surface area contributed by atoms with Gasteiger partial charge >= 0.3 is 0 Å². The van der Waals surface area contributed by atoms with Crippen molar-refractivity contribution in [3.63, 3.8) is 0 Å². The molecule has 1 amide bonds. The van der Waals surface area contributed by atoms with Crippen molar-refractivity contribution in [1.82, 2.24) is 9.78 Å². The fraction of sp³-hybridized carbons (Fsp3) is 0.333. The lowest BCUT2D eigenvalue weighted by Crippen LogP contribution is -2.36. The van der Waals surface area contributed by atoms with Crippen molar-refractivity contribution in [3.8, 4) is 11.5 Å². The highest BCUT2D eigenvalue weighted by molar-refractivity contribution is 5.98. The standard InChI is InChI=1S/C24H27N3O3/c1-26-16-19(14-25-26)27(15-18-13-20(29-2)11-12-23(18)30-3)24(28)22-10-6-8-17-7-4-5-9-21(17)22/h4-5,7,9,11-14,16,22H,6,8,10,15H2,1-3H3. The number of amides is 1. The molecule has 4 rings (SSSR count). The second-order valence-electron chi connectivity index (χ2n) is 7.62. The van der Waals surface area contributed by atoms with Crippen molar-refractivity contribution < 1.29 is 14.3 Å². The third-order valence-corrected chi connectivity index (χ3v) is 5.75. The van der Waals surface area contributed by atoms with Crippen LogP contribution >= 0.6 is 0 Å². The number of anilines is 1. The van der Waals surface area contributed by atoms with Gasteiger partial charge in [0.2, 0.25) is 5.91 Å². The summed E-state index contributed by atoms with van der Waals surface area (Å²) in [6.45, 7) is 0.379. The second kappa shape index (κ2) is 8.61. The minimum absolute atomic E-state index is 0.0834. The van der Waals surface area contributed by atoms with E-state index >= 15 is 0 Å². The lowest BCUT2D eigenvalue weighted by atomic mass is 9.82. The fourth-order valence-corrected chi connectivity index (χ4v) is 4.22. The van der Waals surface area contributed by atoms with Gasteiger partial charge in [-0.2, -0.15) is 5.10 Å². The Morgan fingerprint density at radius 1 is 1.20 bits per heavy atom. The number of carbonyl (C=O) groups excluding carboxylic acids is 1. The highest BCUT2D eigenvalue weighted by Crippen LogP contribution is 2.35. The van der Waals surface area contributed by atoms with Crippen LogP contribution in [0.1, 0.15) is 35.4 Å². The summed E-state index contributed by atoms with van der Waals surface area (Å²) >= 11 is 0. The first-order chi connectivity index (χ1) is 14.6. The number of methoxy groups -OCH3 is 2. The highest BCUT2D eigenvalue weighted by atomic mass is 16.5. The van der Waals surface area contributed by atoms with E-state index in [2.05, 4.69) is 17.2 Å². The predicted molar refractivity (Wildman–Crippen MR) is 116 cm³/mol. The summed E-state index contributed by atoms with van der Waals surface area (Å²) in [5.41, 5.74) is 4.07. The Hall–Kier alpha value is -3.28. The quantitative estimate of drug-likeness (QED) is 0.620. The zero-order valence-electron chi connectivity index (χ0n) is 17.7. The number of aromatic nitrogens is 2. The largest absolute Gasteiger partial charge is 0.497 e. The molecule has 0 fully saturated rings. The number of rotatable bonds is 6. The van der Waals surface area contributed by atoms with Gasteiger partial charge in [-0.15, -0.1) is 0 Å². The molecule has 3 aromatic rings.